The third-order valence-corrected chi connectivity index (χ3v) is 1.99. The SMILES string of the molecule is C=Cc1cc(F)c2c(c1)COC2=O. The molecule has 0 saturated carbocycles. The molecular formula is C10H7FO2. The highest BCUT2D eigenvalue weighted by Gasteiger charge is 2.25. The fourth-order valence-corrected chi connectivity index (χ4v) is 1.36. The fourth-order valence-electron chi connectivity index (χ4n) is 1.36. The van der Waals surface area contributed by atoms with Crippen molar-refractivity contribution in [1.29, 1.82) is 0 Å². The van der Waals surface area contributed by atoms with Crippen molar-refractivity contribution in [3.63, 3.8) is 0 Å². The van der Waals surface area contributed by atoms with E-state index < -0.39 is 11.8 Å². The maximum Gasteiger partial charge on any atom is 0.341 e. The van der Waals surface area contributed by atoms with Gasteiger partial charge < -0.3 is 4.74 Å². The standard InChI is InChI=1S/C10H7FO2/c1-2-6-3-7-5-13-10(12)9(7)8(11)4-6/h2-4H,1,5H2. The normalized spacial score (nSPS) is 13.8. The van der Waals surface area contributed by atoms with E-state index in [9.17, 15) is 9.18 Å². The number of benzene rings is 1. The van der Waals surface area contributed by atoms with Crippen LogP contribution >= 0.6 is 0 Å². The van der Waals surface area contributed by atoms with Crippen LogP contribution in [0.4, 0.5) is 4.39 Å². The van der Waals surface area contributed by atoms with Crippen molar-refractivity contribution in [2.75, 3.05) is 0 Å². The van der Waals surface area contributed by atoms with Gasteiger partial charge in [0.15, 0.2) is 0 Å². The van der Waals surface area contributed by atoms with E-state index in [0.717, 1.165) is 0 Å². The van der Waals surface area contributed by atoms with E-state index in [1.807, 2.05) is 0 Å². The lowest BCUT2D eigenvalue weighted by atomic mass is 10.1. The first kappa shape index (κ1) is 7.98. The average molecular weight is 178 g/mol. The molecule has 3 heteroatoms. The lowest BCUT2D eigenvalue weighted by Crippen LogP contribution is -1.98. The van der Waals surface area contributed by atoms with Gasteiger partial charge in [-0.25, -0.2) is 9.18 Å². The van der Waals surface area contributed by atoms with Crippen molar-refractivity contribution in [2.45, 2.75) is 6.61 Å². The smallest absolute Gasteiger partial charge is 0.341 e. The minimum absolute atomic E-state index is 0.0607. The Morgan fingerprint density at radius 2 is 2.31 bits per heavy atom. The number of halogens is 1. The number of hydrogen-bond donors (Lipinski definition) is 0. The first-order chi connectivity index (χ1) is 6.22. The number of hydrogen-bond acceptors (Lipinski definition) is 2. The van der Waals surface area contributed by atoms with Gasteiger partial charge in [0.2, 0.25) is 0 Å². The summed E-state index contributed by atoms with van der Waals surface area (Å²) < 4.78 is 17.9. The predicted octanol–water partition coefficient (Wildman–Crippen LogP) is 2.14. The first-order valence-corrected chi connectivity index (χ1v) is 3.84. The molecule has 0 unspecified atom stereocenters. The van der Waals surface area contributed by atoms with Crippen LogP contribution in [0.5, 0.6) is 0 Å². The molecule has 0 spiro atoms. The van der Waals surface area contributed by atoms with E-state index in [1.165, 1.54) is 12.1 Å². The Bertz CT molecular complexity index is 396. The van der Waals surface area contributed by atoms with Gasteiger partial charge in [-0.2, -0.15) is 0 Å². The van der Waals surface area contributed by atoms with E-state index in [2.05, 4.69) is 6.58 Å². The van der Waals surface area contributed by atoms with E-state index >= 15 is 0 Å². The Balaban J connectivity index is 2.65. The molecule has 13 heavy (non-hydrogen) atoms. The lowest BCUT2D eigenvalue weighted by Gasteiger charge is -1.98. The van der Waals surface area contributed by atoms with Gasteiger partial charge in [0.25, 0.3) is 0 Å². The van der Waals surface area contributed by atoms with Crippen molar-refractivity contribution < 1.29 is 13.9 Å². The molecule has 1 heterocycles. The third-order valence-electron chi connectivity index (χ3n) is 1.99. The highest BCUT2D eigenvalue weighted by atomic mass is 19.1. The van der Waals surface area contributed by atoms with Crippen LogP contribution in [0.3, 0.4) is 0 Å². The predicted molar refractivity (Wildman–Crippen MR) is 45.6 cm³/mol. The molecule has 0 saturated heterocycles. The van der Waals surface area contributed by atoms with Crippen molar-refractivity contribution in [3.05, 3.63) is 41.2 Å². The molecular weight excluding hydrogens is 171 g/mol. The Morgan fingerprint density at radius 3 is 3.00 bits per heavy atom. The third kappa shape index (κ3) is 1.13. The zero-order valence-electron chi connectivity index (χ0n) is 6.84. The second-order valence-electron chi connectivity index (χ2n) is 2.82. The Morgan fingerprint density at radius 1 is 1.54 bits per heavy atom. The maximum atomic E-state index is 13.2. The summed E-state index contributed by atoms with van der Waals surface area (Å²) in [5.41, 5.74) is 1.32. The van der Waals surface area contributed by atoms with Gasteiger partial charge in [0.05, 0.1) is 0 Å². The molecule has 1 aliphatic heterocycles. The molecule has 1 aliphatic rings. The summed E-state index contributed by atoms with van der Waals surface area (Å²) in [6.45, 7) is 3.68. The molecule has 0 amide bonds. The molecule has 66 valence electrons. The number of rotatable bonds is 1. The van der Waals surface area contributed by atoms with Gasteiger partial charge in [0, 0.05) is 5.56 Å². The largest absolute Gasteiger partial charge is 0.457 e. The summed E-state index contributed by atoms with van der Waals surface area (Å²) >= 11 is 0. The number of carbonyl (C=O) groups excluding carboxylic acids is 1. The van der Waals surface area contributed by atoms with E-state index in [4.69, 9.17) is 4.74 Å². The highest BCUT2D eigenvalue weighted by molar-refractivity contribution is 5.93. The van der Waals surface area contributed by atoms with Gasteiger partial charge in [-0.1, -0.05) is 12.7 Å². The van der Waals surface area contributed by atoms with Crippen LogP contribution < -0.4 is 0 Å². The van der Waals surface area contributed by atoms with Crippen molar-refractivity contribution in [1.82, 2.24) is 0 Å². The summed E-state index contributed by atoms with van der Waals surface area (Å²) in [6, 6.07) is 2.98. The summed E-state index contributed by atoms with van der Waals surface area (Å²) in [7, 11) is 0. The minimum atomic E-state index is -0.580. The van der Waals surface area contributed by atoms with Gasteiger partial charge in [-0.15, -0.1) is 0 Å². The number of cyclic esters (lactones) is 1. The zero-order valence-corrected chi connectivity index (χ0v) is 6.84. The summed E-state index contributed by atoms with van der Waals surface area (Å²) in [5, 5.41) is 0. The number of ether oxygens (including phenoxy) is 1. The molecule has 1 aromatic carbocycles. The van der Waals surface area contributed by atoms with Crippen LogP contribution in [-0.2, 0) is 11.3 Å². The quantitative estimate of drug-likeness (QED) is 0.616. The Kier molecular flexibility index (Phi) is 1.65. The molecule has 0 aliphatic carbocycles. The molecule has 0 atom stereocenters. The average Bonchev–Trinajstić information content (AvgIpc) is 2.48. The summed E-state index contributed by atoms with van der Waals surface area (Å²) in [5.74, 6) is -1.11. The number of fused-ring (bicyclic) bond motifs is 1. The van der Waals surface area contributed by atoms with Crippen LogP contribution in [0.2, 0.25) is 0 Å². The lowest BCUT2D eigenvalue weighted by molar-refractivity contribution is 0.0532. The number of carbonyl (C=O) groups is 1. The van der Waals surface area contributed by atoms with Crippen LogP contribution in [0.1, 0.15) is 21.5 Å². The van der Waals surface area contributed by atoms with E-state index in [-0.39, 0.29) is 12.2 Å². The minimum Gasteiger partial charge on any atom is -0.457 e. The first-order valence-electron chi connectivity index (χ1n) is 3.84. The van der Waals surface area contributed by atoms with Gasteiger partial charge in [-0.3, -0.25) is 0 Å². The van der Waals surface area contributed by atoms with E-state index in [1.54, 1.807) is 6.07 Å². The summed E-state index contributed by atoms with van der Waals surface area (Å²) in [6.07, 6.45) is 1.53. The van der Waals surface area contributed by atoms with Crippen molar-refractivity contribution in [3.8, 4) is 0 Å². The Hall–Kier alpha value is -1.64. The zero-order chi connectivity index (χ0) is 9.42. The molecule has 2 rings (SSSR count). The van der Waals surface area contributed by atoms with Crippen LogP contribution in [0.25, 0.3) is 6.08 Å². The molecule has 0 fully saturated rings. The molecule has 0 bridgehead atoms. The fraction of sp³-hybridized carbons (Fsp3) is 0.100. The maximum absolute atomic E-state index is 13.2. The molecule has 0 aromatic heterocycles. The number of esters is 1. The van der Waals surface area contributed by atoms with Crippen LogP contribution in [-0.4, -0.2) is 5.97 Å². The Labute approximate surface area is 74.6 Å². The molecule has 2 nitrogen and oxygen atoms in total. The topological polar surface area (TPSA) is 26.3 Å². The van der Waals surface area contributed by atoms with Crippen LogP contribution in [0.15, 0.2) is 18.7 Å². The van der Waals surface area contributed by atoms with Crippen LogP contribution in [0, 0.1) is 5.82 Å². The van der Waals surface area contributed by atoms with Gasteiger partial charge >= 0.3 is 5.97 Å². The van der Waals surface area contributed by atoms with Crippen molar-refractivity contribution >= 4 is 12.0 Å². The summed E-state index contributed by atoms with van der Waals surface area (Å²) in [4.78, 5) is 11.0. The molecule has 1 aromatic rings. The van der Waals surface area contributed by atoms with E-state index in [0.29, 0.717) is 11.1 Å². The van der Waals surface area contributed by atoms with Gasteiger partial charge in [-0.05, 0) is 17.7 Å². The monoisotopic (exact) mass is 178 g/mol. The highest BCUT2D eigenvalue weighted by Crippen LogP contribution is 2.24. The molecule has 0 radical (unpaired) electrons. The van der Waals surface area contributed by atoms with Gasteiger partial charge in [0.1, 0.15) is 18.0 Å². The van der Waals surface area contributed by atoms with Crippen molar-refractivity contribution in [2.24, 2.45) is 0 Å². The molecule has 0 N–H and O–H groups in total. The second kappa shape index (κ2) is 2.69. The second-order valence-corrected chi connectivity index (χ2v) is 2.82.